The van der Waals surface area contributed by atoms with E-state index in [4.69, 9.17) is 0 Å². The van der Waals surface area contributed by atoms with Gasteiger partial charge < -0.3 is 14.8 Å². The minimum Gasteiger partial charge on any atom is -0.342 e. The Hall–Kier alpha value is -1.36. The summed E-state index contributed by atoms with van der Waals surface area (Å²) in [5, 5.41) is 3.65. The number of rotatable bonds is 4. The number of nitrogens with one attached hydrogen (secondary N) is 1. The maximum Gasteiger partial charge on any atom is 0.225 e. The molecule has 5 heteroatoms. The maximum absolute atomic E-state index is 12.0. The van der Waals surface area contributed by atoms with Crippen molar-refractivity contribution in [3.8, 4) is 0 Å². The van der Waals surface area contributed by atoms with Crippen molar-refractivity contribution in [1.82, 2.24) is 19.8 Å². The molecule has 1 atom stereocenters. The number of amides is 1. The molecule has 2 aliphatic rings. The lowest BCUT2D eigenvalue weighted by molar-refractivity contribution is -0.133. The Kier molecular flexibility index (Phi) is 3.78. The van der Waals surface area contributed by atoms with Crippen LogP contribution in [0.1, 0.15) is 44.5 Å². The topological polar surface area (TPSA) is 50.2 Å². The van der Waals surface area contributed by atoms with E-state index in [2.05, 4.69) is 26.7 Å². The molecule has 110 valence electrons. The fourth-order valence-electron chi connectivity index (χ4n) is 3.08. The number of aromatic nitrogens is 2. The van der Waals surface area contributed by atoms with Crippen molar-refractivity contribution in [3.63, 3.8) is 0 Å². The molecule has 0 radical (unpaired) electrons. The second-order valence-electron chi connectivity index (χ2n) is 6.16. The first kappa shape index (κ1) is 13.6. The van der Waals surface area contributed by atoms with Crippen LogP contribution in [0.5, 0.6) is 0 Å². The van der Waals surface area contributed by atoms with Crippen molar-refractivity contribution in [2.45, 2.75) is 44.7 Å². The minimum atomic E-state index is 0.255. The molecule has 1 aromatic rings. The lowest BCUT2D eigenvalue weighted by atomic mass is 10.0. The lowest BCUT2D eigenvalue weighted by Crippen LogP contribution is -2.46. The van der Waals surface area contributed by atoms with Crippen LogP contribution in [-0.2, 0) is 11.8 Å². The summed E-state index contributed by atoms with van der Waals surface area (Å²) in [5.74, 6) is 1.81. The smallest absolute Gasteiger partial charge is 0.225 e. The molecular weight excluding hydrogens is 252 g/mol. The van der Waals surface area contributed by atoms with E-state index in [1.54, 1.807) is 0 Å². The second-order valence-corrected chi connectivity index (χ2v) is 6.16. The molecule has 1 aromatic heterocycles. The zero-order valence-corrected chi connectivity index (χ0v) is 12.4. The van der Waals surface area contributed by atoms with Crippen LogP contribution < -0.4 is 5.32 Å². The van der Waals surface area contributed by atoms with Crippen LogP contribution in [-0.4, -0.2) is 39.5 Å². The summed E-state index contributed by atoms with van der Waals surface area (Å²) in [6.45, 7) is 3.96. The summed E-state index contributed by atoms with van der Waals surface area (Å²) < 4.78 is 2.06. The average Bonchev–Trinajstić information content (AvgIpc) is 3.21. The van der Waals surface area contributed by atoms with Crippen LogP contribution >= 0.6 is 0 Å². The Labute approximate surface area is 120 Å². The molecule has 1 saturated heterocycles. The number of aryl methyl sites for hydroxylation is 1. The van der Waals surface area contributed by atoms with Gasteiger partial charge in [-0.05, 0) is 32.6 Å². The SMILES string of the molecule is CC(NC1CCN(C(=O)C2CC2)CC1)c1nccn1C. The van der Waals surface area contributed by atoms with E-state index in [1.165, 1.54) is 0 Å². The average molecular weight is 276 g/mol. The van der Waals surface area contributed by atoms with Gasteiger partial charge in [-0.15, -0.1) is 0 Å². The largest absolute Gasteiger partial charge is 0.342 e. The Morgan fingerprint density at radius 2 is 2.05 bits per heavy atom. The van der Waals surface area contributed by atoms with E-state index in [0.717, 1.165) is 44.6 Å². The molecule has 1 unspecified atom stereocenters. The molecule has 5 nitrogen and oxygen atoms in total. The third-order valence-electron chi connectivity index (χ3n) is 4.46. The second kappa shape index (κ2) is 5.56. The highest BCUT2D eigenvalue weighted by Gasteiger charge is 2.35. The van der Waals surface area contributed by atoms with Gasteiger partial charge in [0, 0.05) is 44.5 Å². The fraction of sp³-hybridized carbons (Fsp3) is 0.733. The van der Waals surface area contributed by atoms with Gasteiger partial charge >= 0.3 is 0 Å². The van der Waals surface area contributed by atoms with Gasteiger partial charge in [0.15, 0.2) is 0 Å². The van der Waals surface area contributed by atoms with Crippen LogP contribution in [0.4, 0.5) is 0 Å². The third kappa shape index (κ3) is 2.87. The zero-order valence-electron chi connectivity index (χ0n) is 12.4. The molecule has 20 heavy (non-hydrogen) atoms. The summed E-state index contributed by atoms with van der Waals surface area (Å²) in [6.07, 6.45) is 8.12. The van der Waals surface area contributed by atoms with E-state index in [9.17, 15) is 4.79 Å². The third-order valence-corrected chi connectivity index (χ3v) is 4.46. The normalized spacial score (nSPS) is 22.0. The number of nitrogens with zero attached hydrogens (tertiary/aromatic N) is 3. The van der Waals surface area contributed by atoms with Crippen molar-refractivity contribution in [2.24, 2.45) is 13.0 Å². The predicted octanol–water partition coefficient (Wildman–Crippen LogP) is 1.47. The summed E-state index contributed by atoms with van der Waals surface area (Å²) in [6, 6.07) is 0.746. The van der Waals surface area contributed by atoms with Crippen LogP contribution in [0.15, 0.2) is 12.4 Å². The van der Waals surface area contributed by atoms with Crippen molar-refractivity contribution in [3.05, 3.63) is 18.2 Å². The van der Waals surface area contributed by atoms with E-state index < -0.39 is 0 Å². The number of carbonyl (C=O) groups is 1. The van der Waals surface area contributed by atoms with Crippen molar-refractivity contribution in [1.29, 1.82) is 0 Å². The molecule has 1 aliphatic heterocycles. The first-order chi connectivity index (χ1) is 9.65. The van der Waals surface area contributed by atoms with Gasteiger partial charge in [0.1, 0.15) is 5.82 Å². The zero-order chi connectivity index (χ0) is 14.1. The van der Waals surface area contributed by atoms with E-state index >= 15 is 0 Å². The van der Waals surface area contributed by atoms with Crippen molar-refractivity contribution >= 4 is 5.91 Å². The molecule has 0 bridgehead atoms. The van der Waals surface area contributed by atoms with Crippen LogP contribution in [0.2, 0.25) is 0 Å². The Bertz CT molecular complexity index is 472. The number of likely N-dealkylation sites (tertiary alicyclic amines) is 1. The molecule has 1 aliphatic carbocycles. The Morgan fingerprint density at radius 3 is 2.60 bits per heavy atom. The first-order valence-corrected chi connectivity index (χ1v) is 7.67. The molecule has 3 rings (SSSR count). The molecule has 0 spiro atoms. The lowest BCUT2D eigenvalue weighted by Gasteiger charge is -2.34. The van der Waals surface area contributed by atoms with Crippen molar-refractivity contribution in [2.75, 3.05) is 13.1 Å². The van der Waals surface area contributed by atoms with Crippen LogP contribution in [0.3, 0.4) is 0 Å². The highest BCUT2D eigenvalue weighted by Crippen LogP contribution is 2.32. The van der Waals surface area contributed by atoms with Gasteiger partial charge in [-0.2, -0.15) is 0 Å². The minimum absolute atomic E-state index is 0.255. The maximum atomic E-state index is 12.0. The van der Waals surface area contributed by atoms with Crippen LogP contribution in [0.25, 0.3) is 0 Å². The molecule has 2 fully saturated rings. The molecule has 0 aromatic carbocycles. The number of imidazole rings is 1. The summed E-state index contributed by atoms with van der Waals surface area (Å²) in [5.41, 5.74) is 0. The van der Waals surface area contributed by atoms with Gasteiger partial charge in [-0.1, -0.05) is 0 Å². The van der Waals surface area contributed by atoms with Crippen molar-refractivity contribution < 1.29 is 4.79 Å². The molecule has 2 heterocycles. The highest BCUT2D eigenvalue weighted by atomic mass is 16.2. The molecular formula is C15H24N4O. The Morgan fingerprint density at radius 1 is 1.35 bits per heavy atom. The van der Waals surface area contributed by atoms with E-state index in [0.29, 0.717) is 17.9 Å². The summed E-state index contributed by atoms with van der Waals surface area (Å²) in [7, 11) is 2.03. The summed E-state index contributed by atoms with van der Waals surface area (Å²) in [4.78, 5) is 18.5. The monoisotopic (exact) mass is 276 g/mol. The molecule has 1 N–H and O–H groups in total. The first-order valence-electron chi connectivity index (χ1n) is 7.67. The number of carbonyl (C=O) groups excluding carboxylic acids is 1. The van der Waals surface area contributed by atoms with Gasteiger partial charge in [-0.25, -0.2) is 4.98 Å². The number of hydrogen-bond donors (Lipinski definition) is 1. The van der Waals surface area contributed by atoms with Gasteiger partial charge in [0.05, 0.1) is 6.04 Å². The molecule has 1 saturated carbocycles. The number of hydrogen-bond acceptors (Lipinski definition) is 3. The van der Waals surface area contributed by atoms with Gasteiger partial charge in [0.25, 0.3) is 0 Å². The van der Waals surface area contributed by atoms with E-state index in [1.807, 2.05) is 19.4 Å². The predicted molar refractivity (Wildman–Crippen MR) is 77.1 cm³/mol. The quantitative estimate of drug-likeness (QED) is 0.906. The standard InChI is InChI=1S/C15H24N4O/c1-11(14-16-7-10-18(14)2)17-13-5-8-19(9-6-13)15(20)12-3-4-12/h7,10-13,17H,3-6,8-9H2,1-2H3. The Balaban J connectivity index is 1.48. The fourth-order valence-corrected chi connectivity index (χ4v) is 3.08. The van der Waals surface area contributed by atoms with Crippen LogP contribution in [0, 0.1) is 5.92 Å². The summed E-state index contributed by atoms with van der Waals surface area (Å²) >= 11 is 0. The molecule has 1 amide bonds. The van der Waals surface area contributed by atoms with Gasteiger partial charge in [-0.3, -0.25) is 4.79 Å². The van der Waals surface area contributed by atoms with Gasteiger partial charge in [0.2, 0.25) is 5.91 Å². The number of piperidine rings is 1. The van der Waals surface area contributed by atoms with E-state index in [-0.39, 0.29) is 6.04 Å². The highest BCUT2D eigenvalue weighted by molar-refractivity contribution is 5.81.